The lowest BCUT2D eigenvalue weighted by Gasteiger charge is -2.47. The Hall–Kier alpha value is -0.120. The highest BCUT2D eigenvalue weighted by Crippen LogP contribution is 2.20. The Morgan fingerprint density at radius 1 is 1.17 bits per heavy atom. The van der Waals surface area contributed by atoms with E-state index >= 15 is 0 Å². The van der Waals surface area contributed by atoms with Crippen LogP contribution in [0, 0.1) is 0 Å². The van der Waals surface area contributed by atoms with Crippen molar-refractivity contribution in [1.29, 1.82) is 0 Å². The Morgan fingerprint density at radius 2 is 1.72 bits per heavy atom. The lowest BCUT2D eigenvalue weighted by Crippen LogP contribution is -2.60. The van der Waals surface area contributed by atoms with Crippen LogP contribution in [0.25, 0.3) is 0 Å². The average Bonchev–Trinajstić information content (AvgIpc) is 2.35. The second-order valence-electron chi connectivity index (χ2n) is 5.98. The molecule has 0 amide bonds. The highest BCUT2D eigenvalue weighted by Gasteiger charge is 2.32. The summed E-state index contributed by atoms with van der Waals surface area (Å²) in [5, 5.41) is 3.54. The van der Waals surface area contributed by atoms with Gasteiger partial charge >= 0.3 is 0 Å². The van der Waals surface area contributed by atoms with Crippen molar-refractivity contribution in [1.82, 2.24) is 15.1 Å². The smallest absolute Gasteiger partial charge is 0.0247 e. The van der Waals surface area contributed by atoms with Gasteiger partial charge in [-0.25, -0.2) is 0 Å². The molecular weight excluding hydrogens is 222 g/mol. The average molecular weight is 255 g/mol. The van der Waals surface area contributed by atoms with Gasteiger partial charge in [0, 0.05) is 37.3 Å². The van der Waals surface area contributed by atoms with Gasteiger partial charge in [0.1, 0.15) is 0 Å². The molecule has 1 N–H and O–H groups in total. The number of hydrogen-bond donors (Lipinski definition) is 1. The third kappa shape index (κ3) is 3.69. The third-order valence-electron chi connectivity index (χ3n) is 4.71. The van der Waals surface area contributed by atoms with Gasteiger partial charge in [-0.15, -0.1) is 0 Å². The standard InChI is InChI=1S/C15H33N3/c1-7-9-14(16-5)15(8-2)18-10-12(3)17(6)13(4)11-18/h12-16H,7-11H2,1-6H3. The van der Waals surface area contributed by atoms with Crippen LogP contribution < -0.4 is 5.32 Å². The van der Waals surface area contributed by atoms with Crippen molar-refractivity contribution in [2.75, 3.05) is 27.2 Å². The topological polar surface area (TPSA) is 18.5 Å². The summed E-state index contributed by atoms with van der Waals surface area (Å²) in [6.45, 7) is 11.7. The molecule has 0 aromatic rings. The quantitative estimate of drug-likeness (QED) is 0.785. The highest BCUT2D eigenvalue weighted by atomic mass is 15.3. The molecular formula is C15H33N3. The van der Waals surface area contributed by atoms with Crippen molar-refractivity contribution in [2.24, 2.45) is 0 Å². The molecule has 4 atom stereocenters. The first-order chi connectivity index (χ1) is 8.54. The lowest BCUT2D eigenvalue weighted by molar-refractivity contribution is 0.0211. The maximum atomic E-state index is 3.54. The van der Waals surface area contributed by atoms with Crippen molar-refractivity contribution in [3.63, 3.8) is 0 Å². The Kier molecular flexibility index (Phi) is 6.61. The summed E-state index contributed by atoms with van der Waals surface area (Å²) in [6.07, 6.45) is 3.79. The van der Waals surface area contributed by atoms with Gasteiger partial charge in [-0.3, -0.25) is 9.80 Å². The van der Waals surface area contributed by atoms with Gasteiger partial charge in [-0.2, -0.15) is 0 Å². The maximum Gasteiger partial charge on any atom is 0.0247 e. The first kappa shape index (κ1) is 15.9. The van der Waals surface area contributed by atoms with Crippen LogP contribution in [0.15, 0.2) is 0 Å². The van der Waals surface area contributed by atoms with Crippen molar-refractivity contribution >= 4 is 0 Å². The normalized spacial score (nSPS) is 30.3. The Morgan fingerprint density at radius 3 is 2.11 bits per heavy atom. The maximum absolute atomic E-state index is 3.54. The van der Waals surface area contributed by atoms with Gasteiger partial charge in [-0.1, -0.05) is 20.3 Å². The fourth-order valence-corrected chi connectivity index (χ4v) is 3.35. The fraction of sp³-hybridized carbons (Fsp3) is 1.00. The molecule has 1 rings (SSSR count). The van der Waals surface area contributed by atoms with Crippen LogP contribution in [0.1, 0.15) is 47.0 Å². The molecule has 0 radical (unpaired) electrons. The number of likely N-dealkylation sites (N-methyl/N-ethyl adjacent to an activating group) is 2. The van der Waals surface area contributed by atoms with E-state index in [1.807, 2.05) is 0 Å². The second-order valence-corrected chi connectivity index (χ2v) is 5.98. The van der Waals surface area contributed by atoms with Crippen LogP contribution in [0.3, 0.4) is 0 Å². The molecule has 1 fully saturated rings. The largest absolute Gasteiger partial charge is 0.315 e. The molecule has 0 spiro atoms. The van der Waals surface area contributed by atoms with E-state index in [9.17, 15) is 0 Å². The predicted octanol–water partition coefficient (Wildman–Crippen LogP) is 2.18. The van der Waals surface area contributed by atoms with Crippen LogP contribution in [0.2, 0.25) is 0 Å². The van der Waals surface area contributed by atoms with Crippen LogP contribution in [-0.4, -0.2) is 61.2 Å². The summed E-state index contributed by atoms with van der Waals surface area (Å²) < 4.78 is 0. The van der Waals surface area contributed by atoms with Gasteiger partial charge < -0.3 is 5.32 Å². The molecule has 0 aromatic carbocycles. The number of hydrogen-bond acceptors (Lipinski definition) is 3. The monoisotopic (exact) mass is 255 g/mol. The van der Waals surface area contributed by atoms with E-state index in [1.54, 1.807) is 0 Å². The summed E-state index contributed by atoms with van der Waals surface area (Å²) >= 11 is 0. The van der Waals surface area contributed by atoms with Crippen LogP contribution in [0.4, 0.5) is 0 Å². The Bertz CT molecular complexity index is 220. The number of nitrogens with zero attached hydrogens (tertiary/aromatic N) is 2. The highest BCUT2D eigenvalue weighted by molar-refractivity contribution is 4.90. The molecule has 0 aromatic heterocycles. The zero-order valence-corrected chi connectivity index (χ0v) is 13.2. The molecule has 3 nitrogen and oxygen atoms in total. The minimum atomic E-state index is 0.641. The molecule has 0 aliphatic carbocycles. The van der Waals surface area contributed by atoms with E-state index in [2.05, 4.69) is 56.9 Å². The molecule has 1 aliphatic heterocycles. The van der Waals surface area contributed by atoms with Crippen molar-refractivity contribution in [2.45, 2.75) is 71.1 Å². The number of piperazine rings is 1. The van der Waals surface area contributed by atoms with Crippen molar-refractivity contribution in [3.8, 4) is 0 Å². The minimum Gasteiger partial charge on any atom is -0.315 e. The van der Waals surface area contributed by atoms with Crippen LogP contribution in [0.5, 0.6) is 0 Å². The van der Waals surface area contributed by atoms with Gasteiger partial charge in [0.25, 0.3) is 0 Å². The lowest BCUT2D eigenvalue weighted by atomic mass is 9.96. The first-order valence-electron chi connectivity index (χ1n) is 7.68. The Balaban J connectivity index is 2.69. The van der Waals surface area contributed by atoms with Crippen molar-refractivity contribution in [3.05, 3.63) is 0 Å². The SMILES string of the molecule is CCCC(NC)C(CC)N1CC(C)N(C)C(C)C1. The molecule has 0 bridgehead atoms. The molecule has 4 unspecified atom stereocenters. The Labute approximate surface area is 114 Å². The van der Waals surface area contributed by atoms with E-state index in [-0.39, 0.29) is 0 Å². The molecule has 3 heteroatoms. The first-order valence-corrected chi connectivity index (χ1v) is 7.68. The van der Waals surface area contributed by atoms with E-state index in [0.29, 0.717) is 24.2 Å². The van der Waals surface area contributed by atoms with E-state index in [1.165, 1.54) is 32.4 Å². The molecule has 18 heavy (non-hydrogen) atoms. The number of rotatable bonds is 6. The van der Waals surface area contributed by atoms with Gasteiger partial charge in [-0.05, 0) is 40.8 Å². The summed E-state index contributed by atoms with van der Waals surface area (Å²) in [5.74, 6) is 0. The fourth-order valence-electron chi connectivity index (χ4n) is 3.35. The second kappa shape index (κ2) is 7.46. The summed E-state index contributed by atoms with van der Waals surface area (Å²) in [5.41, 5.74) is 0. The summed E-state index contributed by atoms with van der Waals surface area (Å²) in [6, 6.07) is 2.67. The van der Waals surface area contributed by atoms with Gasteiger partial charge in [0.15, 0.2) is 0 Å². The van der Waals surface area contributed by atoms with E-state index in [4.69, 9.17) is 0 Å². The van der Waals surface area contributed by atoms with Gasteiger partial charge in [0.05, 0.1) is 0 Å². The van der Waals surface area contributed by atoms with E-state index in [0.717, 1.165) is 0 Å². The number of nitrogens with one attached hydrogen (secondary N) is 1. The third-order valence-corrected chi connectivity index (χ3v) is 4.71. The van der Waals surface area contributed by atoms with Crippen LogP contribution in [-0.2, 0) is 0 Å². The van der Waals surface area contributed by atoms with Gasteiger partial charge in [0.2, 0.25) is 0 Å². The predicted molar refractivity (Wildman–Crippen MR) is 80.1 cm³/mol. The minimum absolute atomic E-state index is 0.641. The summed E-state index contributed by atoms with van der Waals surface area (Å²) in [4.78, 5) is 5.23. The molecule has 0 saturated carbocycles. The summed E-state index contributed by atoms with van der Waals surface area (Å²) in [7, 11) is 4.38. The zero-order valence-electron chi connectivity index (χ0n) is 13.2. The molecule has 108 valence electrons. The molecule has 1 aliphatic rings. The van der Waals surface area contributed by atoms with Crippen molar-refractivity contribution < 1.29 is 0 Å². The molecule has 1 heterocycles. The van der Waals surface area contributed by atoms with Crippen LogP contribution >= 0.6 is 0 Å². The zero-order chi connectivity index (χ0) is 13.7. The van der Waals surface area contributed by atoms with E-state index < -0.39 is 0 Å². The molecule has 1 saturated heterocycles.